The summed E-state index contributed by atoms with van der Waals surface area (Å²) >= 11 is 7.20. The molecule has 1 nitrogen and oxygen atoms in total. The highest BCUT2D eigenvalue weighted by atomic mass is 127. The monoisotopic (exact) mass is 321 g/mol. The van der Waals surface area contributed by atoms with Crippen LogP contribution in [0.3, 0.4) is 0 Å². The Morgan fingerprint density at radius 2 is 2.15 bits per heavy atom. The van der Waals surface area contributed by atoms with Gasteiger partial charge in [-0.05, 0) is 28.7 Å². The molecule has 1 rings (SSSR count). The van der Waals surface area contributed by atoms with Crippen molar-refractivity contribution in [3.05, 3.63) is 26.8 Å². The zero-order valence-electron chi connectivity index (χ0n) is 6.20. The molecule has 0 aliphatic rings. The van der Waals surface area contributed by atoms with E-state index in [1.807, 2.05) is 0 Å². The topological polar surface area (TPSA) is 12.9 Å². The van der Waals surface area contributed by atoms with Gasteiger partial charge < -0.3 is 0 Å². The van der Waals surface area contributed by atoms with Crippen LogP contribution in [0.15, 0.2) is 6.07 Å². The molecule has 0 saturated carbocycles. The summed E-state index contributed by atoms with van der Waals surface area (Å²) in [7, 11) is 0. The molecule has 0 radical (unpaired) electrons. The highest BCUT2D eigenvalue weighted by Crippen LogP contribution is 2.24. The fraction of sp³-hybridized carbons (Fsp3) is 0.286. The Kier molecular flexibility index (Phi) is 3.78. The summed E-state index contributed by atoms with van der Waals surface area (Å²) in [5, 5.41) is 0. The number of alkyl halides is 3. The van der Waals surface area contributed by atoms with Gasteiger partial charge in [-0.3, -0.25) is 0 Å². The third-order valence-corrected chi connectivity index (χ3v) is 2.58. The quantitative estimate of drug-likeness (QED) is 0.461. The summed E-state index contributed by atoms with van der Waals surface area (Å²) in [6.45, 7) is 0. The number of hydrogen-bond acceptors (Lipinski definition) is 1. The molecule has 0 bridgehead atoms. The van der Waals surface area contributed by atoms with Crippen LogP contribution in [0.2, 0.25) is 0 Å². The van der Waals surface area contributed by atoms with E-state index in [0.717, 1.165) is 6.07 Å². The van der Waals surface area contributed by atoms with Gasteiger partial charge >= 0.3 is 0 Å². The molecule has 0 aromatic carbocycles. The molecule has 0 aliphatic heterocycles. The Morgan fingerprint density at radius 3 is 2.62 bits per heavy atom. The van der Waals surface area contributed by atoms with Crippen molar-refractivity contribution < 1.29 is 13.2 Å². The minimum Gasteiger partial charge on any atom is -0.222 e. The maximum absolute atomic E-state index is 12.8. The van der Waals surface area contributed by atoms with Crippen LogP contribution in [-0.2, 0) is 5.88 Å². The second-order valence-corrected chi connectivity index (χ2v) is 3.66. The summed E-state index contributed by atoms with van der Waals surface area (Å²) in [6.07, 6.45) is -2.84. The molecule has 0 spiro atoms. The van der Waals surface area contributed by atoms with E-state index in [0.29, 0.717) is 3.57 Å². The minimum atomic E-state index is -2.84. The van der Waals surface area contributed by atoms with Crippen LogP contribution in [0.25, 0.3) is 0 Å². The normalized spacial score (nSPS) is 10.9. The molecule has 0 N–H and O–H groups in total. The Morgan fingerprint density at radius 1 is 1.54 bits per heavy atom. The molecule has 0 unspecified atom stereocenters. The molecule has 1 heterocycles. The zero-order valence-corrected chi connectivity index (χ0v) is 9.11. The van der Waals surface area contributed by atoms with E-state index in [4.69, 9.17) is 11.6 Å². The van der Waals surface area contributed by atoms with Gasteiger partial charge in [0.2, 0.25) is 5.95 Å². The SMILES string of the molecule is Fc1nc(CCl)c(I)cc1C(F)F. The maximum Gasteiger partial charge on any atom is 0.268 e. The van der Waals surface area contributed by atoms with Gasteiger partial charge in [-0.1, -0.05) is 0 Å². The molecule has 0 amide bonds. The first kappa shape index (κ1) is 11.0. The summed E-state index contributed by atoms with van der Waals surface area (Å²) in [4.78, 5) is 3.33. The first-order valence-electron chi connectivity index (χ1n) is 3.25. The lowest BCUT2D eigenvalue weighted by Gasteiger charge is -2.04. The van der Waals surface area contributed by atoms with Gasteiger partial charge in [0, 0.05) is 3.57 Å². The molecule has 1 aromatic heterocycles. The standard InChI is InChI=1S/C7H4ClF3IN/c8-2-5-4(12)1-3(6(9)10)7(11)13-5/h1,6H,2H2. The lowest BCUT2D eigenvalue weighted by atomic mass is 10.2. The largest absolute Gasteiger partial charge is 0.268 e. The fourth-order valence-corrected chi connectivity index (χ4v) is 1.84. The average molecular weight is 321 g/mol. The minimum absolute atomic E-state index is 0.0126. The lowest BCUT2D eigenvalue weighted by molar-refractivity contribution is 0.145. The van der Waals surface area contributed by atoms with Crippen molar-refractivity contribution in [2.45, 2.75) is 12.3 Å². The molecule has 13 heavy (non-hydrogen) atoms. The molecule has 0 saturated heterocycles. The first-order valence-corrected chi connectivity index (χ1v) is 4.86. The Balaban J connectivity index is 3.20. The molecule has 0 fully saturated rings. The summed E-state index contributed by atoms with van der Waals surface area (Å²) in [6, 6.07) is 1.06. The van der Waals surface area contributed by atoms with Gasteiger partial charge in [0.25, 0.3) is 6.43 Å². The van der Waals surface area contributed by atoms with E-state index in [2.05, 4.69) is 4.98 Å². The summed E-state index contributed by atoms with van der Waals surface area (Å²) in [5.41, 5.74) is -0.401. The van der Waals surface area contributed by atoms with Crippen molar-refractivity contribution in [1.29, 1.82) is 0 Å². The number of rotatable bonds is 2. The highest BCUT2D eigenvalue weighted by molar-refractivity contribution is 14.1. The number of aromatic nitrogens is 1. The van der Waals surface area contributed by atoms with Gasteiger partial charge in [-0.2, -0.15) is 4.39 Å². The van der Waals surface area contributed by atoms with Gasteiger partial charge in [0.15, 0.2) is 0 Å². The van der Waals surface area contributed by atoms with Crippen LogP contribution < -0.4 is 0 Å². The van der Waals surface area contributed by atoms with Crippen molar-refractivity contribution in [3.8, 4) is 0 Å². The fourth-order valence-electron chi connectivity index (χ4n) is 0.763. The van der Waals surface area contributed by atoms with Gasteiger partial charge in [-0.25, -0.2) is 13.8 Å². The predicted molar refractivity (Wildman–Crippen MR) is 51.4 cm³/mol. The molecule has 0 aliphatic carbocycles. The van der Waals surface area contributed by atoms with E-state index in [9.17, 15) is 13.2 Å². The Bertz CT molecular complexity index is 319. The molecule has 6 heteroatoms. The predicted octanol–water partition coefficient (Wildman–Crippen LogP) is 3.50. The van der Waals surface area contributed by atoms with Gasteiger partial charge in [0.1, 0.15) is 0 Å². The van der Waals surface area contributed by atoms with Crippen LogP contribution in [0.1, 0.15) is 17.7 Å². The molecule has 1 aromatic rings. The summed E-state index contributed by atoms with van der Waals surface area (Å²) < 4.78 is 37.5. The number of hydrogen-bond donors (Lipinski definition) is 0. The summed E-state index contributed by atoms with van der Waals surface area (Å²) in [5.74, 6) is -1.13. The van der Waals surface area contributed by atoms with Crippen molar-refractivity contribution in [2.75, 3.05) is 0 Å². The molecular formula is C7H4ClF3IN. The van der Waals surface area contributed by atoms with E-state index < -0.39 is 17.9 Å². The van der Waals surface area contributed by atoms with Crippen molar-refractivity contribution in [2.24, 2.45) is 0 Å². The highest BCUT2D eigenvalue weighted by Gasteiger charge is 2.16. The number of halogens is 5. The average Bonchev–Trinajstić information content (AvgIpc) is 2.07. The molecule has 0 atom stereocenters. The van der Waals surface area contributed by atoms with Crippen molar-refractivity contribution >= 4 is 34.2 Å². The van der Waals surface area contributed by atoms with E-state index >= 15 is 0 Å². The van der Waals surface area contributed by atoms with Crippen LogP contribution >= 0.6 is 34.2 Å². The van der Waals surface area contributed by atoms with E-state index in [1.54, 1.807) is 22.6 Å². The smallest absolute Gasteiger partial charge is 0.222 e. The van der Waals surface area contributed by atoms with E-state index in [1.165, 1.54) is 0 Å². The second-order valence-electron chi connectivity index (χ2n) is 2.23. The Hall–Kier alpha value is -0.0400. The van der Waals surface area contributed by atoms with Crippen LogP contribution in [0.5, 0.6) is 0 Å². The van der Waals surface area contributed by atoms with E-state index in [-0.39, 0.29) is 11.6 Å². The number of nitrogens with zero attached hydrogens (tertiary/aromatic N) is 1. The maximum atomic E-state index is 12.8. The second kappa shape index (κ2) is 4.45. The third-order valence-electron chi connectivity index (χ3n) is 1.39. The van der Waals surface area contributed by atoms with Crippen LogP contribution in [-0.4, -0.2) is 4.98 Å². The zero-order chi connectivity index (χ0) is 10.0. The van der Waals surface area contributed by atoms with Crippen LogP contribution in [0, 0.1) is 9.52 Å². The first-order chi connectivity index (χ1) is 6.06. The molecule has 72 valence electrons. The third kappa shape index (κ3) is 2.46. The van der Waals surface area contributed by atoms with Crippen molar-refractivity contribution in [3.63, 3.8) is 0 Å². The van der Waals surface area contributed by atoms with Crippen molar-refractivity contribution in [1.82, 2.24) is 4.98 Å². The molecular weight excluding hydrogens is 317 g/mol. The van der Waals surface area contributed by atoms with Gasteiger partial charge in [0.05, 0.1) is 17.1 Å². The Labute approximate surface area is 91.4 Å². The number of pyridine rings is 1. The van der Waals surface area contributed by atoms with Crippen LogP contribution in [0.4, 0.5) is 13.2 Å². The van der Waals surface area contributed by atoms with Gasteiger partial charge in [-0.15, -0.1) is 11.6 Å². The lowest BCUT2D eigenvalue weighted by Crippen LogP contribution is -2.00.